The van der Waals surface area contributed by atoms with Gasteiger partial charge < -0.3 is 15.3 Å². The van der Waals surface area contributed by atoms with E-state index in [9.17, 15) is 14.4 Å². The van der Waals surface area contributed by atoms with Crippen LogP contribution in [0.5, 0.6) is 0 Å². The number of H-pyrrole nitrogens is 2. The van der Waals surface area contributed by atoms with Gasteiger partial charge in [0.2, 0.25) is 0 Å². The number of carbonyl (C=O) groups is 1. The number of amides is 1. The lowest BCUT2D eigenvalue weighted by atomic mass is 10.2. The van der Waals surface area contributed by atoms with Gasteiger partial charge in [0.25, 0.3) is 5.91 Å². The minimum absolute atomic E-state index is 0.250. The molecule has 2 aromatic heterocycles. The van der Waals surface area contributed by atoms with Crippen molar-refractivity contribution in [3.05, 3.63) is 56.1 Å². The highest BCUT2D eigenvalue weighted by Gasteiger charge is 2.08. The van der Waals surface area contributed by atoms with Crippen molar-refractivity contribution in [3.63, 3.8) is 0 Å². The fraction of sp³-hybridized carbons (Fsp3) is 0.312. The highest BCUT2D eigenvalue weighted by Crippen LogP contribution is 2.09. The van der Waals surface area contributed by atoms with Crippen LogP contribution in [0.15, 0.2) is 27.8 Å². The molecule has 130 valence electrons. The molecular weight excluding hydrogens is 324 g/mol. The number of benzene rings is 1. The van der Waals surface area contributed by atoms with Crippen molar-refractivity contribution in [1.82, 2.24) is 30.0 Å². The first-order valence-corrected chi connectivity index (χ1v) is 7.86. The van der Waals surface area contributed by atoms with E-state index in [1.54, 1.807) is 16.8 Å². The number of fused-ring (bicyclic) bond motifs is 1. The topological polar surface area (TPSA) is 126 Å². The van der Waals surface area contributed by atoms with E-state index >= 15 is 0 Å². The Kier molecular flexibility index (Phi) is 4.46. The number of rotatable bonds is 5. The van der Waals surface area contributed by atoms with Gasteiger partial charge in [-0.25, -0.2) is 4.98 Å². The first-order valence-electron chi connectivity index (χ1n) is 7.86. The molecule has 0 aliphatic carbocycles. The van der Waals surface area contributed by atoms with Crippen molar-refractivity contribution in [2.75, 3.05) is 6.54 Å². The van der Waals surface area contributed by atoms with E-state index in [1.165, 1.54) is 6.07 Å². The summed E-state index contributed by atoms with van der Waals surface area (Å²) < 4.78 is 1.80. The van der Waals surface area contributed by atoms with Gasteiger partial charge in [0.05, 0.1) is 11.0 Å². The summed E-state index contributed by atoms with van der Waals surface area (Å²) in [4.78, 5) is 44.0. The second-order valence-corrected chi connectivity index (χ2v) is 5.71. The van der Waals surface area contributed by atoms with Gasteiger partial charge in [-0.15, -0.1) is 0 Å². The van der Waals surface area contributed by atoms with Gasteiger partial charge in [-0.3, -0.25) is 19.1 Å². The van der Waals surface area contributed by atoms with E-state index in [2.05, 4.69) is 25.4 Å². The Labute approximate surface area is 142 Å². The number of aromatic amines is 2. The Hall–Kier alpha value is -3.23. The molecule has 25 heavy (non-hydrogen) atoms. The second kappa shape index (κ2) is 6.71. The van der Waals surface area contributed by atoms with E-state index in [-0.39, 0.29) is 5.91 Å². The first kappa shape index (κ1) is 16.6. The van der Waals surface area contributed by atoms with Crippen molar-refractivity contribution < 1.29 is 4.79 Å². The molecule has 0 fully saturated rings. The average Bonchev–Trinajstić information content (AvgIpc) is 2.89. The Morgan fingerprint density at radius 3 is 2.56 bits per heavy atom. The summed E-state index contributed by atoms with van der Waals surface area (Å²) in [6.45, 7) is 4.87. The van der Waals surface area contributed by atoms with Crippen LogP contribution in [0.4, 0.5) is 0 Å². The summed E-state index contributed by atoms with van der Waals surface area (Å²) in [6.07, 6.45) is 0.715. The molecule has 3 aromatic rings. The van der Waals surface area contributed by atoms with Crippen LogP contribution in [0.1, 0.15) is 28.4 Å². The third-order valence-corrected chi connectivity index (χ3v) is 3.78. The molecule has 0 radical (unpaired) electrons. The molecule has 9 heteroatoms. The summed E-state index contributed by atoms with van der Waals surface area (Å²) in [6, 6.07) is 4.72. The summed E-state index contributed by atoms with van der Waals surface area (Å²) in [7, 11) is 0. The van der Waals surface area contributed by atoms with Gasteiger partial charge >= 0.3 is 11.1 Å². The van der Waals surface area contributed by atoms with Crippen LogP contribution >= 0.6 is 0 Å². The molecule has 0 bridgehead atoms. The van der Waals surface area contributed by atoms with Crippen molar-refractivity contribution >= 4 is 16.9 Å². The van der Waals surface area contributed by atoms with E-state index in [4.69, 9.17) is 0 Å². The zero-order chi connectivity index (χ0) is 18.0. The van der Waals surface area contributed by atoms with Crippen LogP contribution in [0, 0.1) is 13.8 Å². The highest BCUT2D eigenvalue weighted by atomic mass is 16.2. The molecule has 1 aromatic carbocycles. The largest absolute Gasteiger partial charge is 0.352 e. The van der Waals surface area contributed by atoms with E-state index in [1.807, 2.05) is 13.8 Å². The lowest BCUT2D eigenvalue weighted by Crippen LogP contribution is -2.29. The van der Waals surface area contributed by atoms with Crippen molar-refractivity contribution in [3.8, 4) is 0 Å². The van der Waals surface area contributed by atoms with Crippen molar-refractivity contribution in [2.24, 2.45) is 0 Å². The number of hydrogen-bond donors (Lipinski definition) is 3. The fourth-order valence-electron chi connectivity index (χ4n) is 2.56. The Bertz CT molecular complexity index is 1050. The van der Waals surface area contributed by atoms with Crippen molar-refractivity contribution in [1.29, 1.82) is 0 Å². The Morgan fingerprint density at radius 1 is 1.16 bits per heavy atom. The number of nitrogens with zero attached hydrogens (tertiary/aromatic N) is 3. The molecule has 0 spiro atoms. The number of aromatic nitrogens is 5. The molecule has 3 rings (SSSR count). The van der Waals surface area contributed by atoms with Gasteiger partial charge in [-0.2, -0.15) is 5.10 Å². The molecule has 9 nitrogen and oxygen atoms in total. The predicted octanol–water partition coefficient (Wildman–Crippen LogP) is 0.245. The monoisotopic (exact) mass is 342 g/mol. The van der Waals surface area contributed by atoms with Gasteiger partial charge in [0, 0.05) is 18.7 Å². The Balaban J connectivity index is 1.62. The lowest BCUT2D eigenvalue weighted by Gasteiger charge is -2.07. The van der Waals surface area contributed by atoms with Gasteiger partial charge in [0.1, 0.15) is 11.6 Å². The molecule has 0 saturated heterocycles. The number of hydrogen-bond acceptors (Lipinski definition) is 5. The third-order valence-electron chi connectivity index (χ3n) is 3.78. The molecule has 0 atom stereocenters. The van der Waals surface area contributed by atoms with E-state index in [0.29, 0.717) is 36.1 Å². The summed E-state index contributed by atoms with van der Waals surface area (Å²) in [5.74, 6) is 1.32. The molecular formula is C16H18N6O3. The van der Waals surface area contributed by atoms with Crippen LogP contribution in [-0.2, 0) is 6.54 Å². The van der Waals surface area contributed by atoms with E-state index in [0.717, 1.165) is 11.6 Å². The van der Waals surface area contributed by atoms with Crippen LogP contribution < -0.4 is 16.4 Å². The predicted molar refractivity (Wildman–Crippen MR) is 91.6 cm³/mol. The third kappa shape index (κ3) is 3.65. The SMILES string of the molecule is Cc1nc(C)n(CCCNC(=O)c2ccc3[nH]c(=O)c(=O)[nH]c3c2)n1. The standard InChI is InChI=1S/C16H18N6O3/c1-9-18-10(2)22(21-9)7-3-6-17-14(23)11-4-5-12-13(8-11)20-16(25)15(24)19-12/h4-5,8H,3,6-7H2,1-2H3,(H,17,23)(H,19,24)(H,20,25). The number of nitrogens with one attached hydrogen (secondary N) is 3. The maximum Gasteiger partial charge on any atom is 0.314 e. The molecule has 1 amide bonds. The fourth-order valence-corrected chi connectivity index (χ4v) is 2.56. The zero-order valence-corrected chi connectivity index (χ0v) is 13.9. The molecule has 2 heterocycles. The summed E-state index contributed by atoms with van der Waals surface area (Å²) >= 11 is 0. The van der Waals surface area contributed by atoms with Gasteiger partial charge in [0.15, 0.2) is 0 Å². The quantitative estimate of drug-likeness (QED) is 0.452. The summed E-state index contributed by atoms with van der Waals surface area (Å²) in [5, 5.41) is 7.09. The van der Waals surface area contributed by atoms with Crippen molar-refractivity contribution in [2.45, 2.75) is 26.8 Å². The minimum atomic E-state index is -0.747. The Morgan fingerprint density at radius 2 is 1.88 bits per heavy atom. The molecule has 0 aliphatic rings. The van der Waals surface area contributed by atoms with Crippen LogP contribution in [0.25, 0.3) is 11.0 Å². The maximum atomic E-state index is 12.2. The molecule has 0 saturated carbocycles. The smallest absolute Gasteiger partial charge is 0.314 e. The average molecular weight is 342 g/mol. The van der Waals surface area contributed by atoms with Gasteiger partial charge in [-0.05, 0) is 38.5 Å². The first-order chi connectivity index (χ1) is 11.9. The minimum Gasteiger partial charge on any atom is -0.352 e. The maximum absolute atomic E-state index is 12.2. The number of carbonyl (C=O) groups excluding carboxylic acids is 1. The second-order valence-electron chi connectivity index (χ2n) is 5.71. The number of aryl methyl sites for hydroxylation is 3. The van der Waals surface area contributed by atoms with Crippen LogP contribution in [-0.4, -0.2) is 37.2 Å². The van der Waals surface area contributed by atoms with Gasteiger partial charge in [-0.1, -0.05) is 0 Å². The van der Waals surface area contributed by atoms with E-state index < -0.39 is 11.1 Å². The highest BCUT2D eigenvalue weighted by molar-refractivity contribution is 5.97. The molecule has 3 N–H and O–H groups in total. The normalized spacial score (nSPS) is 11.0. The molecule has 0 unspecified atom stereocenters. The van der Waals surface area contributed by atoms with Crippen LogP contribution in [0.3, 0.4) is 0 Å². The molecule has 0 aliphatic heterocycles. The summed E-state index contributed by atoms with van der Waals surface area (Å²) in [5.41, 5.74) is -0.181. The zero-order valence-electron chi connectivity index (χ0n) is 13.9. The lowest BCUT2D eigenvalue weighted by molar-refractivity contribution is 0.0952. The van der Waals surface area contributed by atoms with Crippen LogP contribution in [0.2, 0.25) is 0 Å².